The zero-order valence-corrected chi connectivity index (χ0v) is 14.5. The molecule has 120 valence electrons. The van der Waals surface area contributed by atoms with Crippen LogP contribution in [0.25, 0.3) is 0 Å². The van der Waals surface area contributed by atoms with Gasteiger partial charge >= 0.3 is 0 Å². The Morgan fingerprint density at radius 2 is 1.81 bits per heavy atom. The van der Waals surface area contributed by atoms with Gasteiger partial charge in [0.1, 0.15) is 11.6 Å². The third kappa shape index (κ3) is 6.26. The summed E-state index contributed by atoms with van der Waals surface area (Å²) in [7, 11) is 3.82. The molecule has 0 aromatic carbocycles. The highest BCUT2D eigenvalue weighted by Crippen LogP contribution is 2.29. The van der Waals surface area contributed by atoms with Gasteiger partial charge in [-0.25, -0.2) is 4.98 Å². The fraction of sp³-hybridized carbons (Fsp3) is 0.643. The van der Waals surface area contributed by atoms with Crippen LogP contribution in [-0.2, 0) is 0 Å². The first-order chi connectivity index (χ1) is 9.75. The van der Waals surface area contributed by atoms with Gasteiger partial charge in [0.2, 0.25) is 0 Å². The molecule has 0 aliphatic heterocycles. The number of aliphatic hydroxyl groups is 1. The van der Waals surface area contributed by atoms with E-state index < -0.39 is 5.60 Å². The van der Waals surface area contributed by atoms with E-state index in [-0.39, 0.29) is 0 Å². The zero-order valence-electron chi connectivity index (χ0n) is 13.0. The van der Waals surface area contributed by atoms with Gasteiger partial charge in [-0.05, 0) is 33.5 Å². The lowest BCUT2D eigenvalue weighted by atomic mass is 10.1. The minimum absolute atomic E-state index is 0.340. The lowest BCUT2D eigenvalue weighted by Gasteiger charge is -2.27. The summed E-state index contributed by atoms with van der Waals surface area (Å²) in [5.41, 5.74) is -0.884. The SMILES string of the molecule is CCCNc1nc(NCC(C)(O)CN(C)C)c(Cl)cc1Cl. The van der Waals surface area contributed by atoms with E-state index >= 15 is 0 Å². The van der Waals surface area contributed by atoms with Crippen molar-refractivity contribution in [3.63, 3.8) is 0 Å². The average molecular weight is 335 g/mol. The third-order valence-electron chi connectivity index (χ3n) is 2.77. The Kier molecular flexibility index (Phi) is 7.00. The molecular formula is C14H24Cl2N4O. The molecule has 1 aromatic rings. The predicted octanol–water partition coefficient (Wildman–Crippen LogP) is 2.93. The van der Waals surface area contributed by atoms with E-state index in [0.29, 0.717) is 34.8 Å². The molecule has 3 N–H and O–H groups in total. The largest absolute Gasteiger partial charge is 0.387 e. The van der Waals surface area contributed by atoms with Crippen LogP contribution in [-0.4, -0.2) is 54.3 Å². The highest BCUT2D eigenvalue weighted by molar-refractivity contribution is 6.37. The van der Waals surface area contributed by atoms with E-state index in [4.69, 9.17) is 23.2 Å². The molecule has 0 aliphatic rings. The standard InChI is InChI=1S/C14H24Cl2N4O/c1-5-6-17-12-10(15)7-11(16)13(19-12)18-8-14(2,21)9-20(3)4/h7,21H,5-6,8-9H2,1-4H3,(H2,17,18,19). The lowest BCUT2D eigenvalue weighted by molar-refractivity contribution is 0.0459. The number of nitrogens with zero attached hydrogens (tertiary/aromatic N) is 2. The molecule has 0 saturated heterocycles. The van der Waals surface area contributed by atoms with Crippen LogP contribution in [0.5, 0.6) is 0 Å². The summed E-state index contributed by atoms with van der Waals surface area (Å²) in [5, 5.41) is 17.4. The fourth-order valence-corrected chi connectivity index (χ4v) is 2.46. The fourth-order valence-electron chi connectivity index (χ4n) is 1.97. The summed E-state index contributed by atoms with van der Waals surface area (Å²) in [5.74, 6) is 1.11. The molecule has 1 heterocycles. The lowest BCUT2D eigenvalue weighted by Crippen LogP contribution is -2.43. The number of likely N-dealkylation sites (N-methyl/N-ethyl adjacent to an activating group) is 1. The number of pyridine rings is 1. The van der Waals surface area contributed by atoms with Crippen LogP contribution in [0, 0.1) is 0 Å². The Bertz CT molecular complexity index is 467. The van der Waals surface area contributed by atoms with Crippen LogP contribution < -0.4 is 10.6 Å². The second kappa shape index (κ2) is 8.03. The van der Waals surface area contributed by atoms with Gasteiger partial charge in [-0.3, -0.25) is 0 Å². The second-order valence-electron chi connectivity index (χ2n) is 5.66. The Morgan fingerprint density at radius 3 is 2.33 bits per heavy atom. The smallest absolute Gasteiger partial charge is 0.147 e. The van der Waals surface area contributed by atoms with Gasteiger partial charge in [0.25, 0.3) is 0 Å². The number of anilines is 2. The Labute approximate surface area is 136 Å². The highest BCUT2D eigenvalue weighted by Gasteiger charge is 2.22. The van der Waals surface area contributed by atoms with E-state index in [0.717, 1.165) is 13.0 Å². The summed E-state index contributed by atoms with van der Waals surface area (Å²) in [6.45, 7) is 5.49. The minimum atomic E-state index is -0.884. The van der Waals surface area contributed by atoms with Gasteiger partial charge in [-0.2, -0.15) is 0 Å². The number of nitrogens with one attached hydrogen (secondary N) is 2. The van der Waals surface area contributed by atoms with Crippen molar-refractivity contribution >= 4 is 34.8 Å². The molecule has 1 atom stereocenters. The Morgan fingerprint density at radius 1 is 1.24 bits per heavy atom. The van der Waals surface area contributed by atoms with Crippen LogP contribution >= 0.6 is 23.2 Å². The number of hydrogen-bond donors (Lipinski definition) is 3. The van der Waals surface area contributed by atoms with Crippen molar-refractivity contribution in [2.75, 3.05) is 44.4 Å². The Hall–Kier alpha value is -0.750. The molecule has 1 unspecified atom stereocenters. The van der Waals surface area contributed by atoms with Crippen LogP contribution in [0.15, 0.2) is 6.07 Å². The maximum absolute atomic E-state index is 10.3. The number of aromatic nitrogens is 1. The zero-order chi connectivity index (χ0) is 16.0. The monoisotopic (exact) mass is 334 g/mol. The molecule has 0 fully saturated rings. The van der Waals surface area contributed by atoms with Crippen molar-refractivity contribution in [1.29, 1.82) is 0 Å². The summed E-state index contributed by atoms with van der Waals surface area (Å²) >= 11 is 12.2. The molecule has 5 nitrogen and oxygen atoms in total. The van der Waals surface area contributed by atoms with Crippen LogP contribution in [0.1, 0.15) is 20.3 Å². The quantitative estimate of drug-likeness (QED) is 0.682. The van der Waals surface area contributed by atoms with E-state index in [1.165, 1.54) is 0 Å². The van der Waals surface area contributed by atoms with Gasteiger partial charge in [0.05, 0.1) is 15.6 Å². The van der Waals surface area contributed by atoms with Crippen molar-refractivity contribution in [2.24, 2.45) is 0 Å². The van der Waals surface area contributed by atoms with Gasteiger partial charge in [-0.15, -0.1) is 0 Å². The first-order valence-electron chi connectivity index (χ1n) is 6.96. The van der Waals surface area contributed by atoms with Gasteiger partial charge in [0.15, 0.2) is 0 Å². The van der Waals surface area contributed by atoms with Crippen molar-refractivity contribution in [1.82, 2.24) is 9.88 Å². The first kappa shape index (κ1) is 18.3. The van der Waals surface area contributed by atoms with Gasteiger partial charge in [0, 0.05) is 19.6 Å². The van der Waals surface area contributed by atoms with Gasteiger partial charge < -0.3 is 20.6 Å². The summed E-state index contributed by atoms with van der Waals surface area (Å²) in [4.78, 5) is 6.30. The van der Waals surface area contributed by atoms with Crippen LogP contribution in [0.4, 0.5) is 11.6 Å². The maximum Gasteiger partial charge on any atom is 0.147 e. The maximum atomic E-state index is 10.3. The molecule has 1 aromatic heterocycles. The molecule has 0 radical (unpaired) electrons. The molecule has 0 aliphatic carbocycles. The van der Waals surface area contributed by atoms with E-state index in [2.05, 4.69) is 22.5 Å². The number of hydrogen-bond acceptors (Lipinski definition) is 5. The summed E-state index contributed by atoms with van der Waals surface area (Å²) in [6, 6.07) is 1.65. The molecule has 0 bridgehead atoms. The van der Waals surface area contributed by atoms with Crippen LogP contribution in [0.2, 0.25) is 10.0 Å². The van der Waals surface area contributed by atoms with Crippen molar-refractivity contribution < 1.29 is 5.11 Å². The Balaban J connectivity index is 2.78. The van der Waals surface area contributed by atoms with E-state index in [9.17, 15) is 5.11 Å². The first-order valence-corrected chi connectivity index (χ1v) is 7.71. The minimum Gasteiger partial charge on any atom is -0.387 e. The van der Waals surface area contributed by atoms with Crippen molar-refractivity contribution in [3.8, 4) is 0 Å². The molecule has 21 heavy (non-hydrogen) atoms. The van der Waals surface area contributed by atoms with Gasteiger partial charge in [-0.1, -0.05) is 30.1 Å². The molecule has 0 amide bonds. The van der Waals surface area contributed by atoms with Crippen LogP contribution in [0.3, 0.4) is 0 Å². The molecular weight excluding hydrogens is 311 g/mol. The number of rotatable bonds is 8. The summed E-state index contributed by atoms with van der Waals surface area (Å²) < 4.78 is 0. The van der Waals surface area contributed by atoms with Crippen molar-refractivity contribution in [2.45, 2.75) is 25.9 Å². The predicted molar refractivity (Wildman–Crippen MR) is 90.7 cm³/mol. The summed E-state index contributed by atoms with van der Waals surface area (Å²) in [6.07, 6.45) is 0.973. The molecule has 7 heteroatoms. The molecule has 1 rings (SSSR count). The normalized spacial score (nSPS) is 14.1. The topological polar surface area (TPSA) is 60.4 Å². The van der Waals surface area contributed by atoms with E-state index in [1.54, 1.807) is 13.0 Å². The third-order valence-corrected chi connectivity index (χ3v) is 3.34. The average Bonchev–Trinajstić information content (AvgIpc) is 2.35. The number of halogens is 2. The molecule has 0 spiro atoms. The highest BCUT2D eigenvalue weighted by atomic mass is 35.5. The van der Waals surface area contributed by atoms with Crippen molar-refractivity contribution in [3.05, 3.63) is 16.1 Å². The second-order valence-corrected chi connectivity index (χ2v) is 6.48. The van der Waals surface area contributed by atoms with E-state index in [1.807, 2.05) is 19.0 Å². The molecule has 0 saturated carbocycles.